The van der Waals surface area contributed by atoms with Crippen LogP contribution in [0.15, 0.2) is 54.1 Å². The highest BCUT2D eigenvalue weighted by Gasteiger charge is 2.43. The minimum Gasteiger partial charge on any atom is -0.494 e. The van der Waals surface area contributed by atoms with Gasteiger partial charge in [-0.3, -0.25) is 9.59 Å². The molecule has 6 nitrogen and oxygen atoms in total. The molecule has 2 aromatic rings. The van der Waals surface area contributed by atoms with Gasteiger partial charge in [-0.15, -0.1) is 0 Å². The number of rotatable bonds is 6. The number of likely N-dealkylation sites (tertiary alicyclic amines) is 2. The zero-order valence-corrected chi connectivity index (χ0v) is 20.6. The van der Waals surface area contributed by atoms with Gasteiger partial charge in [-0.05, 0) is 67.5 Å². The fourth-order valence-electron chi connectivity index (χ4n) is 5.31. The molecule has 7 heteroatoms. The molecule has 35 heavy (non-hydrogen) atoms. The van der Waals surface area contributed by atoms with E-state index in [1.807, 2.05) is 58.3 Å². The normalized spacial score (nSPS) is 18.6. The Morgan fingerprint density at radius 1 is 1.00 bits per heavy atom. The van der Waals surface area contributed by atoms with Crippen LogP contribution >= 0.6 is 11.6 Å². The summed E-state index contributed by atoms with van der Waals surface area (Å²) < 4.78 is 11.5. The Morgan fingerprint density at radius 3 is 2.51 bits per heavy atom. The van der Waals surface area contributed by atoms with Gasteiger partial charge in [0.25, 0.3) is 5.91 Å². The minimum atomic E-state index is 0.0458. The largest absolute Gasteiger partial charge is 0.494 e. The van der Waals surface area contributed by atoms with Crippen molar-refractivity contribution < 1.29 is 19.1 Å². The van der Waals surface area contributed by atoms with Gasteiger partial charge < -0.3 is 19.3 Å². The summed E-state index contributed by atoms with van der Waals surface area (Å²) in [6.07, 6.45) is 5.99. The van der Waals surface area contributed by atoms with Crippen LogP contribution in [0, 0.1) is 5.41 Å². The van der Waals surface area contributed by atoms with Crippen LogP contribution in [0.25, 0.3) is 6.08 Å². The van der Waals surface area contributed by atoms with Crippen LogP contribution in [-0.2, 0) is 9.59 Å². The van der Waals surface area contributed by atoms with E-state index in [0.717, 1.165) is 62.5 Å². The molecule has 0 saturated carbocycles. The average molecular weight is 495 g/mol. The number of benzene rings is 2. The van der Waals surface area contributed by atoms with Gasteiger partial charge >= 0.3 is 0 Å². The summed E-state index contributed by atoms with van der Waals surface area (Å²) in [5.41, 5.74) is 1.63. The Labute approximate surface area is 211 Å². The molecule has 1 spiro atoms. The third-order valence-electron chi connectivity index (χ3n) is 7.41. The minimum absolute atomic E-state index is 0.0458. The maximum Gasteiger partial charge on any atom is 0.253 e. The lowest BCUT2D eigenvalue weighted by molar-refractivity contribution is -0.134. The van der Waals surface area contributed by atoms with Crippen molar-refractivity contribution in [2.45, 2.75) is 32.1 Å². The van der Waals surface area contributed by atoms with Gasteiger partial charge in [-0.1, -0.05) is 29.8 Å². The van der Waals surface area contributed by atoms with E-state index in [0.29, 0.717) is 30.0 Å². The average Bonchev–Trinajstić information content (AvgIpc) is 3.30. The first-order valence-corrected chi connectivity index (χ1v) is 12.8. The van der Waals surface area contributed by atoms with Gasteiger partial charge in [0.05, 0.1) is 12.2 Å². The van der Waals surface area contributed by atoms with E-state index >= 15 is 0 Å². The lowest BCUT2D eigenvalue weighted by Gasteiger charge is -2.39. The molecule has 5 rings (SSSR count). The third-order valence-corrected chi connectivity index (χ3v) is 7.64. The van der Waals surface area contributed by atoms with E-state index in [9.17, 15) is 9.59 Å². The highest BCUT2D eigenvalue weighted by molar-refractivity contribution is 6.30. The van der Waals surface area contributed by atoms with E-state index < -0.39 is 0 Å². The lowest BCUT2D eigenvalue weighted by atomic mass is 9.77. The van der Waals surface area contributed by atoms with Crippen molar-refractivity contribution in [2.24, 2.45) is 5.41 Å². The number of hydrogen-bond acceptors (Lipinski definition) is 4. The van der Waals surface area contributed by atoms with Crippen molar-refractivity contribution in [3.63, 3.8) is 0 Å². The molecule has 184 valence electrons. The summed E-state index contributed by atoms with van der Waals surface area (Å²) >= 11 is 6.11. The molecule has 2 fully saturated rings. The van der Waals surface area contributed by atoms with Gasteiger partial charge in [0.2, 0.25) is 5.91 Å². The molecule has 0 aliphatic carbocycles. The molecule has 0 aromatic heterocycles. The summed E-state index contributed by atoms with van der Waals surface area (Å²) in [5, 5.41) is 0.627. The summed E-state index contributed by atoms with van der Waals surface area (Å²) in [6.45, 7) is 3.85. The third kappa shape index (κ3) is 5.48. The zero-order chi connectivity index (χ0) is 24.3. The zero-order valence-electron chi connectivity index (χ0n) is 19.9. The van der Waals surface area contributed by atoms with Crippen LogP contribution < -0.4 is 9.47 Å². The van der Waals surface area contributed by atoms with E-state index in [2.05, 4.69) is 0 Å². The number of piperidine rings is 1. The Kier molecular flexibility index (Phi) is 7.00. The number of para-hydroxylation sites is 1. The molecule has 2 saturated heterocycles. The second kappa shape index (κ2) is 10.3. The number of amides is 2. The number of ether oxygens (including phenoxy) is 2. The summed E-state index contributed by atoms with van der Waals surface area (Å²) in [5.74, 6) is 1.84. The first kappa shape index (κ1) is 23.7. The molecule has 3 aliphatic heterocycles. The van der Waals surface area contributed by atoms with Crippen molar-refractivity contribution in [2.75, 3.05) is 39.4 Å². The number of nitrogens with zero attached hydrogens (tertiary/aromatic N) is 2. The molecule has 0 atom stereocenters. The predicted molar refractivity (Wildman–Crippen MR) is 136 cm³/mol. The molecule has 3 aliphatic rings. The summed E-state index contributed by atoms with van der Waals surface area (Å²) in [6, 6.07) is 15.1. The number of carbonyl (C=O) groups is 2. The topological polar surface area (TPSA) is 59.1 Å². The van der Waals surface area contributed by atoms with Crippen LogP contribution in [-0.4, -0.2) is 61.0 Å². The van der Waals surface area contributed by atoms with Crippen LogP contribution in [0.1, 0.15) is 37.7 Å². The monoisotopic (exact) mass is 494 g/mol. The molecule has 0 bridgehead atoms. The molecule has 2 amide bonds. The molecular formula is C28H31ClN2O4. The Hall–Kier alpha value is -2.99. The van der Waals surface area contributed by atoms with Gasteiger partial charge in [-0.25, -0.2) is 0 Å². The molecule has 0 N–H and O–H groups in total. The van der Waals surface area contributed by atoms with Crippen molar-refractivity contribution >= 4 is 29.5 Å². The molecule has 0 unspecified atom stereocenters. The van der Waals surface area contributed by atoms with E-state index in [4.69, 9.17) is 21.1 Å². The van der Waals surface area contributed by atoms with E-state index in [-0.39, 0.29) is 23.8 Å². The first-order valence-electron chi connectivity index (χ1n) is 12.4. The van der Waals surface area contributed by atoms with Crippen molar-refractivity contribution in [1.82, 2.24) is 9.80 Å². The number of halogens is 1. The second-order valence-corrected chi connectivity index (χ2v) is 10.2. The van der Waals surface area contributed by atoms with Crippen molar-refractivity contribution in [3.05, 3.63) is 64.7 Å². The molecule has 3 heterocycles. The summed E-state index contributed by atoms with van der Waals surface area (Å²) in [7, 11) is 0. The Bertz CT molecular complexity index is 1110. The highest BCUT2D eigenvalue weighted by Crippen LogP contribution is 2.41. The van der Waals surface area contributed by atoms with Gasteiger partial charge in [0.1, 0.15) is 18.1 Å². The van der Waals surface area contributed by atoms with Gasteiger partial charge in [0.15, 0.2) is 0 Å². The molecule has 2 aromatic carbocycles. The molecule has 0 radical (unpaired) electrons. The Morgan fingerprint density at radius 2 is 1.74 bits per heavy atom. The molecular weight excluding hydrogens is 464 g/mol. The SMILES string of the molecule is O=C(CCCOc1ccccc1)N1CCC2(CC1)CCN(C(=O)C1=Cc3cc(Cl)ccc3OC1)C2. The number of carbonyl (C=O) groups excluding carboxylic acids is 2. The van der Waals surface area contributed by atoms with Gasteiger partial charge in [-0.2, -0.15) is 0 Å². The van der Waals surface area contributed by atoms with Crippen molar-refractivity contribution in [1.29, 1.82) is 0 Å². The standard InChI is InChI=1S/C28H31ClN2O4/c29-23-8-9-25-21(18-23)17-22(19-35-25)27(33)31-15-12-28(20-31)10-13-30(14-11-28)26(32)7-4-16-34-24-5-2-1-3-6-24/h1-3,5-6,8-9,17-18H,4,7,10-16,19-20H2. The fraction of sp³-hybridized carbons (Fsp3) is 0.429. The number of fused-ring (bicyclic) bond motifs is 1. The maximum absolute atomic E-state index is 13.2. The quantitative estimate of drug-likeness (QED) is 0.540. The maximum atomic E-state index is 13.2. The lowest BCUT2D eigenvalue weighted by Crippen LogP contribution is -2.45. The highest BCUT2D eigenvalue weighted by atomic mass is 35.5. The second-order valence-electron chi connectivity index (χ2n) is 9.76. The smallest absolute Gasteiger partial charge is 0.253 e. The van der Waals surface area contributed by atoms with Crippen LogP contribution in [0.4, 0.5) is 0 Å². The van der Waals surface area contributed by atoms with Crippen LogP contribution in [0.2, 0.25) is 5.02 Å². The number of hydrogen-bond donors (Lipinski definition) is 0. The fourth-order valence-corrected chi connectivity index (χ4v) is 5.49. The van der Waals surface area contributed by atoms with Crippen LogP contribution in [0.3, 0.4) is 0 Å². The van der Waals surface area contributed by atoms with Crippen LogP contribution in [0.5, 0.6) is 11.5 Å². The Balaban J connectivity index is 1.09. The first-order chi connectivity index (χ1) is 17.0. The predicted octanol–water partition coefficient (Wildman–Crippen LogP) is 4.82. The van der Waals surface area contributed by atoms with Crippen molar-refractivity contribution in [3.8, 4) is 11.5 Å². The van der Waals surface area contributed by atoms with E-state index in [1.165, 1.54) is 0 Å². The summed E-state index contributed by atoms with van der Waals surface area (Å²) in [4.78, 5) is 29.8. The van der Waals surface area contributed by atoms with E-state index in [1.54, 1.807) is 6.07 Å². The van der Waals surface area contributed by atoms with Gasteiger partial charge in [0, 0.05) is 43.2 Å².